The van der Waals surface area contributed by atoms with Gasteiger partial charge in [0.1, 0.15) is 11.6 Å². The third-order valence-electron chi connectivity index (χ3n) is 1.42. The first-order valence-corrected chi connectivity index (χ1v) is 4.66. The van der Waals surface area contributed by atoms with Crippen molar-refractivity contribution in [2.75, 3.05) is 11.1 Å². The Kier molecular flexibility index (Phi) is 2.23. The number of anilines is 3. The maximum absolute atomic E-state index is 5.47. The summed E-state index contributed by atoms with van der Waals surface area (Å²) < 4.78 is 4.02. The lowest BCUT2D eigenvalue weighted by Crippen LogP contribution is -1.97. The van der Waals surface area contributed by atoms with Crippen LogP contribution < -0.4 is 11.1 Å². The Morgan fingerprint density at radius 2 is 2.21 bits per heavy atom. The second kappa shape index (κ2) is 3.54. The molecule has 3 N–H and O–H groups in total. The zero-order chi connectivity index (χ0) is 9.97. The van der Waals surface area contributed by atoms with E-state index in [1.165, 1.54) is 17.7 Å². The third kappa shape index (κ3) is 1.94. The second-order valence-corrected chi connectivity index (χ2v) is 3.35. The number of nitrogens with zero attached hydrogens (tertiary/aromatic N) is 4. The summed E-state index contributed by atoms with van der Waals surface area (Å²) in [5.41, 5.74) is 5.47. The van der Waals surface area contributed by atoms with Crippen molar-refractivity contribution < 1.29 is 0 Å². The van der Waals surface area contributed by atoms with Crippen molar-refractivity contribution in [1.82, 2.24) is 19.3 Å². The highest BCUT2D eigenvalue weighted by Crippen LogP contribution is 2.15. The monoisotopic (exact) mass is 208 g/mol. The van der Waals surface area contributed by atoms with Crippen molar-refractivity contribution in [3.8, 4) is 0 Å². The molecule has 0 unspecified atom stereocenters. The van der Waals surface area contributed by atoms with Crippen LogP contribution in [0.4, 0.5) is 16.8 Å². The lowest BCUT2D eigenvalue weighted by atomic mass is 10.6. The summed E-state index contributed by atoms with van der Waals surface area (Å²) in [6.07, 6.45) is 3.06. The van der Waals surface area contributed by atoms with Crippen LogP contribution in [-0.4, -0.2) is 19.3 Å². The summed E-state index contributed by atoms with van der Waals surface area (Å²) >= 11 is 1.27. The molecule has 0 saturated heterocycles. The van der Waals surface area contributed by atoms with E-state index in [2.05, 4.69) is 24.6 Å². The molecule has 0 saturated carbocycles. The fourth-order valence-corrected chi connectivity index (χ4v) is 1.48. The van der Waals surface area contributed by atoms with Gasteiger partial charge in [-0.3, -0.25) is 4.98 Å². The van der Waals surface area contributed by atoms with Crippen LogP contribution >= 0.6 is 11.5 Å². The highest BCUT2D eigenvalue weighted by atomic mass is 32.1. The molecule has 2 aromatic heterocycles. The summed E-state index contributed by atoms with van der Waals surface area (Å²) in [6, 6.07) is 0. The van der Waals surface area contributed by atoms with Gasteiger partial charge in [0.05, 0.1) is 12.4 Å². The van der Waals surface area contributed by atoms with Crippen molar-refractivity contribution in [2.24, 2.45) is 0 Å². The summed E-state index contributed by atoms with van der Waals surface area (Å²) in [5.74, 6) is 1.67. The summed E-state index contributed by atoms with van der Waals surface area (Å²) in [4.78, 5) is 12.0. The average Bonchev–Trinajstić information content (AvgIpc) is 2.51. The minimum Gasteiger partial charge on any atom is -0.382 e. The molecular weight excluding hydrogens is 200 g/mol. The lowest BCUT2D eigenvalue weighted by molar-refractivity contribution is 1.15. The standard InChI is InChI=1S/C7H8N6S/c1-4-10-7(14-13-4)12-6-3-9-2-5(8)11-6/h2-3H,1H3,(H3,8,10,11,12,13). The number of hydrogen-bond donors (Lipinski definition) is 2. The minimum absolute atomic E-state index is 0.372. The molecule has 6 nitrogen and oxygen atoms in total. The molecular formula is C7H8N6S. The zero-order valence-corrected chi connectivity index (χ0v) is 8.25. The van der Waals surface area contributed by atoms with E-state index in [1.54, 1.807) is 6.20 Å². The first-order valence-electron chi connectivity index (χ1n) is 3.89. The summed E-state index contributed by atoms with van der Waals surface area (Å²) in [5, 5.41) is 3.64. The van der Waals surface area contributed by atoms with Gasteiger partial charge >= 0.3 is 0 Å². The average molecular weight is 208 g/mol. The molecule has 2 aromatic rings. The number of aromatic nitrogens is 4. The number of nitrogen functional groups attached to an aromatic ring is 1. The Hall–Kier alpha value is -1.76. The van der Waals surface area contributed by atoms with Crippen molar-refractivity contribution in [1.29, 1.82) is 0 Å². The van der Waals surface area contributed by atoms with Crippen LogP contribution in [0, 0.1) is 6.92 Å². The Bertz CT molecular complexity index is 439. The van der Waals surface area contributed by atoms with Gasteiger partial charge in [0.15, 0.2) is 5.82 Å². The molecule has 72 valence electrons. The molecule has 0 aromatic carbocycles. The van der Waals surface area contributed by atoms with Gasteiger partial charge in [0.2, 0.25) is 5.13 Å². The van der Waals surface area contributed by atoms with Crippen LogP contribution in [0.1, 0.15) is 5.82 Å². The fourth-order valence-electron chi connectivity index (χ4n) is 0.899. The molecule has 0 aliphatic carbocycles. The Balaban J connectivity index is 2.18. The minimum atomic E-state index is 0.372. The molecule has 0 fully saturated rings. The SMILES string of the molecule is Cc1nsc(Nc2cncc(N)n2)n1. The second-order valence-electron chi connectivity index (χ2n) is 2.60. The number of hydrogen-bond acceptors (Lipinski definition) is 7. The third-order valence-corrected chi connectivity index (χ3v) is 2.14. The fraction of sp³-hybridized carbons (Fsp3) is 0.143. The van der Waals surface area contributed by atoms with E-state index >= 15 is 0 Å². The Morgan fingerprint density at radius 3 is 2.86 bits per heavy atom. The molecule has 2 heterocycles. The number of rotatable bonds is 2. The van der Waals surface area contributed by atoms with Crippen molar-refractivity contribution >= 4 is 28.3 Å². The topological polar surface area (TPSA) is 89.6 Å². The molecule has 14 heavy (non-hydrogen) atoms. The lowest BCUT2D eigenvalue weighted by Gasteiger charge is -1.99. The van der Waals surface area contributed by atoms with Gasteiger partial charge in [-0.15, -0.1) is 0 Å². The van der Waals surface area contributed by atoms with Crippen molar-refractivity contribution in [3.05, 3.63) is 18.2 Å². The predicted octanol–water partition coefficient (Wildman–Crippen LogP) is 0.962. The number of aryl methyl sites for hydroxylation is 1. The highest BCUT2D eigenvalue weighted by Gasteiger charge is 2.01. The summed E-state index contributed by atoms with van der Waals surface area (Å²) in [6.45, 7) is 1.83. The van der Waals surface area contributed by atoms with Gasteiger partial charge < -0.3 is 11.1 Å². The van der Waals surface area contributed by atoms with Crippen LogP contribution in [0.15, 0.2) is 12.4 Å². The van der Waals surface area contributed by atoms with Crippen LogP contribution in [0.3, 0.4) is 0 Å². The van der Waals surface area contributed by atoms with Gasteiger partial charge in [-0.2, -0.15) is 4.37 Å². The number of nitrogens with two attached hydrogens (primary N) is 1. The van der Waals surface area contributed by atoms with Gasteiger partial charge in [0, 0.05) is 11.5 Å². The highest BCUT2D eigenvalue weighted by molar-refractivity contribution is 7.09. The van der Waals surface area contributed by atoms with Gasteiger partial charge in [-0.05, 0) is 6.92 Å². The first-order chi connectivity index (χ1) is 6.74. The van der Waals surface area contributed by atoms with Crippen molar-refractivity contribution in [2.45, 2.75) is 6.92 Å². The maximum Gasteiger partial charge on any atom is 0.208 e. The molecule has 2 rings (SSSR count). The molecule has 0 amide bonds. The van der Waals surface area contributed by atoms with E-state index in [0.717, 1.165) is 5.82 Å². The molecule has 7 heteroatoms. The predicted molar refractivity (Wildman–Crippen MR) is 54.4 cm³/mol. The Morgan fingerprint density at radius 1 is 1.36 bits per heavy atom. The van der Waals surface area contributed by atoms with Crippen LogP contribution in [-0.2, 0) is 0 Å². The smallest absolute Gasteiger partial charge is 0.208 e. The van der Waals surface area contributed by atoms with Gasteiger partial charge in [-0.25, -0.2) is 9.97 Å². The van der Waals surface area contributed by atoms with Crippen LogP contribution in [0.25, 0.3) is 0 Å². The number of nitrogens with one attached hydrogen (secondary N) is 1. The molecule has 0 aliphatic heterocycles. The molecule has 0 radical (unpaired) electrons. The molecule has 0 atom stereocenters. The molecule has 0 aliphatic rings. The van der Waals surface area contributed by atoms with Crippen LogP contribution in [0.5, 0.6) is 0 Å². The van der Waals surface area contributed by atoms with Gasteiger partial charge in [0.25, 0.3) is 0 Å². The van der Waals surface area contributed by atoms with E-state index in [0.29, 0.717) is 16.8 Å². The van der Waals surface area contributed by atoms with E-state index in [4.69, 9.17) is 5.73 Å². The maximum atomic E-state index is 5.47. The molecule has 0 bridgehead atoms. The van der Waals surface area contributed by atoms with E-state index < -0.39 is 0 Å². The first kappa shape index (κ1) is 8.82. The molecule has 0 spiro atoms. The normalized spacial score (nSPS) is 10.1. The van der Waals surface area contributed by atoms with E-state index in [9.17, 15) is 0 Å². The Labute approximate surface area is 84.4 Å². The zero-order valence-electron chi connectivity index (χ0n) is 7.43. The quantitative estimate of drug-likeness (QED) is 0.764. The van der Waals surface area contributed by atoms with E-state index in [1.807, 2.05) is 6.92 Å². The van der Waals surface area contributed by atoms with Gasteiger partial charge in [-0.1, -0.05) is 0 Å². The van der Waals surface area contributed by atoms with Crippen molar-refractivity contribution in [3.63, 3.8) is 0 Å². The largest absolute Gasteiger partial charge is 0.382 e. The summed E-state index contributed by atoms with van der Waals surface area (Å²) in [7, 11) is 0. The van der Waals surface area contributed by atoms with Crippen LogP contribution in [0.2, 0.25) is 0 Å². The van der Waals surface area contributed by atoms with E-state index in [-0.39, 0.29) is 0 Å².